The van der Waals surface area contributed by atoms with E-state index in [-0.39, 0.29) is 13.0 Å². The third-order valence-electron chi connectivity index (χ3n) is 5.46. The second-order valence-corrected chi connectivity index (χ2v) is 9.16. The molecule has 8 nitrogen and oxygen atoms in total. The number of pyridine rings is 1. The molecular formula is C23H28N2O6. The van der Waals surface area contributed by atoms with Gasteiger partial charge in [-0.2, -0.15) is 0 Å². The van der Waals surface area contributed by atoms with Crippen LogP contribution in [0.5, 0.6) is 11.5 Å². The quantitative estimate of drug-likeness (QED) is 0.770. The molecule has 0 spiro atoms. The predicted octanol–water partition coefficient (Wildman–Crippen LogP) is 3.96. The van der Waals surface area contributed by atoms with Gasteiger partial charge in [0.05, 0.1) is 19.2 Å². The number of likely N-dealkylation sites (tertiary alicyclic amines) is 1. The number of amides is 1. The smallest absolute Gasteiger partial charge is 0.411 e. The molecule has 0 radical (unpaired) electrons. The van der Waals surface area contributed by atoms with Crippen LogP contribution in [0.3, 0.4) is 0 Å². The van der Waals surface area contributed by atoms with Crippen LogP contribution in [0.2, 0.25) is 0 Å². The minimum Gasteiger partial charge on any atom is -0.497 e. The number of nitrogens with zero attached hydrogens (tertiary/aromatic N) is 2. The van der Waals surface area contributed by atoms with E-state index in [1.807, 2.05) is 24.3 Å². The molecule has 2 heterocycles. The van der Waals surface area contributed by atoms with Crippen LogP contribution in [-0.4, -0.2) is 58.5 Å². The molecule has 1 saturated carbocycles. The number of carboxylic acids is 1. The third-order valence-corrected chi connectivity index (χ3v) is 5.46. The van der Waals surface area contributed by atoms with E-state index in [1.165, 1.54) is 4.90 Å². The van der Waals surface area contributed by atoms with Crippen LogP contribution in [0.15, 0.2) is 24.3 Å². The molecule has 4 rings (SSSR count). The number of hydrogen-bond donors (Lipinski definition) is 1. The maximum atomic E-state index is 12.6. The maximum absolute atomic E-state index is 12.6. The molecule has 2 aliphatic rings. The number of aliphatic carboxylic acids is 1. The number of carbonyl (C=O) groups excluding carboxylic acids is 1. The number of methoxy groups -OCH3 is 1. The van der Waals surface area contributed by atoms with Gasteiger partial charge in [-0.1, -0.05) is 0 Å². The first kappa shape index (κ1) is 21.2. The molecule has 1 amide bonds. The van der Waals surface area contributed by atoms with Crippen molar-refractivity contribution in [3.8, 4) is 11.5 Å². The minimum atomic E-state index is -1.07. The minimum absolute atomic E-state index is 0.143. The summed E-state index contributed by atoms with van der Waals surface area (Å²) in [4.78, 5) is 30.4. The fourth-order valence-electron chi connectivity index (χ4n) is 3.83. The number of aromatic nitrogens is 1. The van der Waals surface area contributed by atoms with Crippen molar-refractivity contribution >= 4 is 23.0 Å². The van der Waals surface area contributed by atoms with E-state index in [0.29, 0.717) is 17.4 Å². The molecule has 2 unspecified atom stereocenters. The molecule has 8 heteroatoms. The highest BCUT2D eigenvalue weighted by molar-refractivity contribution is 5.87. The van der Waals surface area contributed by atoms with Gasteiger partial charge in [-0.05, 0) is 45.7 Å². The van der Waals surface area contributed by atoms with Crippen molar-refractivity contribution in [1.82, 2.24) is 9.88 Å². The Kier molecular flexibility index (Phi) is 5.41. The Labute approximate surface area is 181 Å². The Morgan fingerprint density at radius 2 is 1.94 bits per heavy atom. The average Bonchev–Trinajstić information content (AvgIpc) is 3.45. The number of ether oxygens (including phenoxy) is 3. The Morgan fingerprint density at radius 1 is 1.19 bits per heavy atom. The van der Waals surface area contributed by atoms with Gasteiger partial charge < -0.3 is 19.3 Å². The third kappa shape index (κ3) is 4.68. The highest BCUT2D eigenvalue weighted by Gasteiger charge is 2.43. The van der Waals surface area contributed by atoms with Crippen molar-refractivity contribution in [2.75, 3.05) is 13.7 Å². The van der Waals surface area contributed by atoms with E-state index in [4.69, 9.17) is 19.2 Å². The van der Waals surface area contributed by atoms with E-state index >= 15 is 0 Å². The van der Waals surface area contributed by atoms with Gasteiger partial charge >= 0.3 is 12.1 Å². The van der Waals surface area contributed by atoms with Crippen LogP contribution >= 0.6 is 0 Å². The second-order valence-electron chi connectivity index (χ2n) is 9.16. The molecule has 1 saturated heterocycles. The molecule has 1 aliphatic heterocycles. The Bertz CT molecular complexity index is 1010. The van der Waals surface area contributed by atoms with Crippen LogP contribution in [0.4, 0.5) is 4.79 Å². The lowest BCUT2D eigenvalue weighted by molar-refractivity contribution is -0.142. The summed E-state index contributed by atoms with van der Waals surface area (Å²) >= 11 is 0. The molecule has 1 aliphatic carbocycles. The highest BCUT2D eigenvalue weighted by atomic mass is 16.6. The topological polar surface area (TPSA) is 98.2 Å². The number of hydrogen-bond acceptors (Lipinski definition) is 6. The van der Waals surface area contributed by atoms with Gasteiger partial charge in [-0.15, -0.1) is 0 Å². The van der Waals surface area contributed by atoms with Gasteiger partial charge in [0.2, 0.25) is 0 Å². The number of rotatable bonds is 5. The summed E-state index contributed by atoms with van der Waals surface area (Å²) in [5.74, 6) is 0.711. The molecule has 1 aromatic heterocycles. The lowest BCUT2D eigenvalue weighted by Crippen LogP contribution is -2.43. The first-order chi connectivity index (χ1) is 14.6. The van der Waals surface area contributed by atoms with Gasteiger partial charge in [-0.3, -0.25) is 9.88 Å². The van der Waals surface area contributed by atoms with E-state index in [1.54, 1.807) is 27.9 Å². The number of carbonyl (C=O) groups is 2. The summed E-state index contributed by atoms with van der Waals surface area (Å²) in [6, 6.07) is 6.56. The van der Waals surface area contributed by atoms with Crippen molar-refractivity contribution in [1.29, 1.82) is 0 Å². The summed E-state index contributed by atoms with van der Waals surface area (Å²) < 4.78 is 17.0. The molecule has 1 aromatic carbocycles. The molecule has 1 N–H and O–H groups in total. The Balaban J connectivity index is 1.61. The van der Waals surface area contributed by atoms with Crippen molar-refractivity contribution in [2.45, 2.75) is 63.7 Å². The van der Waals surface area contributed by atoms with Crippen molar-refractivity contribution < 1.29 is 28.9 Å². The standard InChI is InChI=1S/C23H28N2O6/c1-23(2,3)31-22(28)25-12-15(10-19(25)21(26)27)30-20-11-17(13-5-6-13)24-18-9-14(29-4)7-8-16(18)20/h7-9,11,13,15,19H,5-6,10,12H2,1-4H3,(H,26,27). The molecule has 2 aromatic rings. The van der Waals surface area contributed by atoms with Crippen molar-refractivity contribution in [3.63, 3.8) is 0 Å². The van der Waals surface area contributed by atoms with Gasteiger partial charge in [0.15, 0.2) is 0 Å². The van der Waals surface area contributed by atoms with E-state index in [0.717, 1.165) is 29.4 Å². The molecular weight excluding hydrogens is 400 g/mol. The van der Waals surface area contributed by atoms with Crippen LogP contribution in [0, 0.1) is 0 Å². The molecule has 2 atom stereocenters. The summed E-state index contributed by atoms with van der Waals surface area (Å²) in [5, 5.41) is 10.5. The zero-order valence-electron chi connectivity index (χ0n) is 18.3. The first-order valence-corrected chi connectivity index (χ1v) is 10.5. The Morgan fingerprint density at radius 3 is 2.55 bits per heavy atom. The second kappa shape index (κ2) is 7.90. The van der Waals surface area contributed by atoms with E-state index in [2.05, 4.69) is 0 Å². The molecule has 166 valence electrons. The van der Waals surface area contributed by atoms with Crippen LogP contribution in [0.25, 0.3) is 10.9 Å². The van der Waals surface area contributed by atoms with Crippen LogP contribution in [-0.2, 0) is 9.53 Å². The number of carboxylic acid groups (broad SMARTS) is 1. The predicted molar refractivity (Wildman–Crippen MR) is 114 cm³/mol. The molecule has 31 heavy (non-hydrogen) atoms. The van der Waals surface area contributed by atoms with Crippen LogP contribution in [0.1, 0.15) is 51.6 Å². The fraction of sp³-hybridized carbons (Fsp3) is 0.522. The van der Waals surface area contributed by atoms with E-state index in [9.17, 15) is 14.7 Å². The lowest BCUT2D eigenvalue weighted by atomic mass is 10.1. The van der Waals surface area contributed by atoms with Gasteiger partial charge in [0.25, 0.3) is 0 Å². The summed E-state index contributed by atoms with van der Waals surface area (Å²) in [5.41, 5.74) is 1.03. The van der Waals surface area contributed by atoms with Crippen molar-refractivity contribution in [2.24, 2.45) is 0 Å². The first-order valence-electron chi connectivity index (χ1n) is 10.5. The average molecular weight is 428 g/mol. The zero-order valence-corrected chi connectivity index (χ0v) is 18.3. The number of benzene rings is 1. The lowest BCUT2D eigenvalue weighted by Gasteiger charge is -2.26. The highest BCUT2D eigenvalue weighted by Crippen LogP contribution is 2.42. The zero-order chi connectivity index (χ0) is 22.3. The SMILES string of the molecule is COc1ccc2c(OC3CC(C(=O)O)N(C(=O)OC(C)(C)C)C3)cc(C3CC3)nc2c1. The monoisotopic (exact) mass is 428 g/mol. The van der Waals surface area contributed by atoms with Gasteiger partial charge in [0.1, 0.15) is 29.2 Å². The van der Waals surface area contributed by atoms with E-state index < -0.39 is 29.8 Å². The summed E-state index contributed by atoms with van der Waals surface area (Å²) in [7, 11) is 1.61. The number of fused-ring (bicyclic) bond motifs is 1. The van der Waals surface area contributed by atoms with Crippen molar-refractivity contribution in [3.05, 3.63) is 30.0 Å². The van der Waals surface area contributed by atoms with Gasteiger partial charge in [-0.25, -0.2) is 9.59 Å². The van der Waals surface area contributed by atoms with Gasteiger partial charge in [0, 0.05) is 35.6 Å². The summed E-state index contributed by atoms with van der Waals surface area (Å²) in [6.07, 6.45) is 1.27. The molecule has 2 fully saturated rings. The normalized spacial score (nSPS) is 21.2. The Hall–Kier alpha value is -3.03. The molecule has 0 bridgehead atoms. The summed E-state index contributed by atoms with van der Waals surface area (Å²) in [6.45, 7) is 5.40. The maximum Gasteiger partial charge on any atom is 0.411 e. The largest absolute Gasteiger partial charge is 0.497 e. The fourth-order valence-corrected chi connectivity index (χ4v) is 3.83. The van der Waals surface area contributed by atoms with Crippen LogP contribution < -0.4 is 9.47 Å².